The average molecular weight is 951 g/mol. The number of amides is 1. The lowest BCUT2D eigenvalue weighted by atomic mass is 9.69. The largest absolute Gasteiger partial charge is 0.459 e. The Morgan fingerprint density at radius 3 is 1.10 bits per heavy atom. The van der Waals surface area contributed by atoms with Gasteiger partial charge in [-0.15, -0.1) is 0 Å². The van der Waals surface area contributed by atoms with E-state index in [2.05, 4.69) is 5.32 Å². The van der Waals surface area contributed by atoms with Crippen LogP contribution in [0.4, 0.5) is 0 Å². The highest BCUT2D eigenvalue weighted by atomic mass is 16.6. The Balaban J connectivity index is 2.49. The number of rotatable bonds is 24. The van der Waals surface area contributed by atoms with E-state index >= 15 is 0 Å². The molecular weight excluding hydrogens is 857 g/mol. The summed E-state index contributed by atoms with van der Waals surface area (Å²) in [4.78, 5) is 86.6. The second-order valence-corrected chi connectivity index (χ2v) is 24.0. The number of ether oxygens (including phenoxy) is 5. The van der Waals surface area contributed by atoms with E-state index in [1.165, 1.54) is 38.5 Å². The quantitative estimate of drug-likeness (QED) is 0.0560. The van der Waals surface area contributed by atoms with Crippen LogP contribution in [0, 0.1) is 17.8 Å². The van der Waals surface area contributed by atoms with Crippen LogP contribution in [0.1, 0.15) is 187 Å². The van der Waals surface area contributed by atoms with E-state index in [-0.39, 0.29) is 64.2 Å². The molecule has 0 spiro atoms. The van der Waals surface area contributed by atoms with Crippen LogP contribution in [0.3, 0.4) is 0 Å². The molecule has 15 heteroatoms. The topological polar surface area (TPSA) is 170 Å². The molecule has 0 bridgehead atoms. The Morgan fingerprint density at radius 1 is 0.463 bits per heavy atom. The third-order valence-electron chi connectivity index (χ3n) is 11.4. The van der Waals surface area contributed by atoms with Gasteiger partial charge in [-0.2, -0.15) is 0 Å². The van der Waals surface area contributed by atoms with Crippen LogP contribution in [0.25, 0.3) is 0 Å². The fourth-order valence-corrected chi connectivity index (χ4v) is 9.03. The maximum Gasteiger partial charge on any atom is 0.323 e. The molecule has 2 rings (SSSR count). The zero-order chi connectivity index (χ0) is 50.8. The van der Waals surface area contributed by atoms with Crippen molar-refractivity contribution in [1.82, 2.24) is 20.0 Å². The molecule has 2 saturated carbocycles. The summed E-state index contributed by atoms with van der Waals surface area (Å²) in [6.45, 7) is 27.0. The third kappa shape index (κ3) is 27.5. The molecule has 1 atom stereocenters. The molecule has 0 radical (unpaired) electrons. The number of hydrogen-bond acceptors (Lipinski definition) is 14. The van der Waals surface area contributed by atoms with Gasteiger partial charge in [0.1, 0.15) is 34.0 Å². The van der Waals surface area contributed by atoms with E-state index in [9.17, 15) is 28.8 Å². The normalized spacial score (nSPS) is 16.5. The lowest BCUT2D eigenvalue weighted by Gasteiger charge is -2.37. The zero-order valence-corrected chi connectivity index (χ0v) is 44.7. The molecule has 1 amide bonds. The molecule has 0 saturated heterocycles. The van der Waals surface area contributed by atoms with Crippen molar-refractivity contribution in [3.63, 3.8) is 0 Å². The minimum atomic E-state index is -0.818. The number of esters is 5. The summed E-state index contributed by atoms with van der Waals surface area (Å²) in [6.07, 6.45) is 13.2. The van der Waals surface area contributed by atoms with Crippen LogP contribution in [-0.2, 0) is 52.5 Å². The summed E-state index contributed by atoms with van der Waals surface area (Å²) < 4.78 is 28.7. The maximum atomic E-state index is 14.4. The van der Waals surface area contributed by atoms with Crippen LogP contribution in [0.15, 0.2) is 0 Å². The smallest absolute Gasteiger partial charge is 0.323 e. The predicted molar refractivity (Wildman–Crippen MR) is 261 cm³/mol. The number of hydrogen-bond donors (Lipinski definition) is 1. The molecule has 2 aliphatic carbocycles. The van der Waals surface area contributed by atoms with Crippen molar-refractivity contribution in [1.29, 1.82) is 0 Å². The highest BCUT2D eigenvalue weighted by molar-refractivity contribution is 5.79. The van der Waals surface area contributed by atoms with E-state index < -0.39 is 63.9 Å². The first-order chi connectivity index (χ1) is 30.8. The van der Waals surface area contributed by atoms with Crippen molar-refractivity contribution in [3.05, 3.63) is 0 Å². The molecule has 67 heavy (non-hydrogen) atoms. The summed E-state index contributed by atoms with van der Waals surface area (Å²) in [7, 11) is 0. The SMILES string of the molecule is CC(C)(C)OC(=O)CN(CCN(CCN(CC(=O)OC(C)(C)C)CC(=O)OC(C)(C)C)[C@@H](CCCCNC(=O)C(C1CCCCC1)C1CCCCC1)C(=O)OC(C)(C)C)CC(=O)OC(C)(C)C. The minimum absolute atomic E-state index is 0.0409. The van der Waals surface area contributed by atoms with Gasteiger partial charge in [-0.05, 0) is 161 Å². The van der Waals surface area contributed by atoms with Gasteiger partial charge in [0.25, 0.3) is 0 Å². The number of carbonyl (C=O) groups excluding carboxylic acids is 6. The molecule has 0 aromatic carbocycles. The van der Waals surface area contributed by atoms with Gasteiger partial charge in [-0.25, -0.2) is 0 Å². The van der Waals surface area contributed by atoms with Crippen molar-refractivity contribution in [2.75, 3.05) is 58.9 Å². The highest BCUT2D eigenvalue weighted by Gasteiger charge is 2.37. The van der Waals surface area contributed by atoms with Gasteiger partial charge >= 0.3 is 29.8 Å². The Morgan fingerprint density at radius 2 is 0.791 bits per heavy atom. The van der Waals surface area contributed by atoms with Gasteiger partial charge < -0.3 is 29.0 Å². The van der Waals surface area contributed by atoms with Crippen molar-refractivity contribution in [2.45, 2.75) is 221 Å². The lowest BCUT2D eigenvalue weighted by Crippen LogP contribution is -2.51. The fraction of sp³-hybridized carbons (Fsp3) is 0.885. The summed E-state index contributed by atoms with van der Waals surface area (Å²) in [5, 5.41) is 3.31. The number of nitrogens with one attached hydrogen (secondary N) is 1. The van der Waals surface area contributed by atoms with E-state index in [0.717, 1.165) is 25.7 Å². The Kier molecular flexibility index (Phi) is 24.3. The second kappa shape index (κ2) is 27.2. The molecule has 15 nitrogen and oxygen atoms in total. The van der Waals surface area contributed by atoms with E-state index in [1.54, 1.807) is 92.9 Å². The van der Waals surface area contributed by atoms with Gasteiger partial charge in [0.2, 0.25) is 5.91 Å². The van der Waals surface area contributed by atoms with Gasteiger partial charge in [0.05, 0.1) is 26.2 Å². The summed E-state index contributed by atoms with van der Waals surface area (Å²) >= 11 is 0. The van der Waals surface area contributed by atoms with E-state index in [1.807, 2.05) is 25.7 Å². The monoisotopic (exact) mass is 951 g/mol. The van der Waals surface area contributed by atoms with E-state index in [0.29, 0.717) is 37.6 Å². The number of carbonyl (C=O) groups is 6. The first-order valence-corrected chi connectivity index (χ1v) is 25.4. The standard InChI is InChI=1S/C52H94N4O11/c1-48(2,3)63-41(57)34-54(35-42(58)64-49(4,5)6)30-32-56(33-31-55(36-43(59)65-50(7,8)9)37-44(60)66-51(10,11)12)40(47(62)67-52(13,14)15)28-22-23-29-53-46(61)45(38-24-18-16-19-25-38)39-26-20-17-21-27-39/h38-40,45H,16-37H2,1-15H3,(H,53,61)/t40-/m0/s1. The first kappa shape index (κ1) is 59.8. The van der Waals surface area contributed by atoms with E-state index in [4.69, 9.17) is 23.7 Å². The summed E-state index contributed by atoms with van der Waals surface area (Å²) in [6, 6.07) is -0.804. The van der Waals surface area contributed by atoms with Crippen molar-refractivity contribution >= 4 is 35.8 Å². The Bertz CT molecular complexity index is 1410. The predicted octanol–water partition coefficient (Wildman–Crippen LogP) is 8.03. The highest BCUT2D eigenvalue weighted by Crippen LogP contribution is 2.40. The maximum absolute atomic E-state index is 14.4. The summed E-state index contributed by atoms with van der Waals surface area (Å²) in [5.41, 5.74) is -3.87. The third-order valence-corrected chi connectivity index (χ3v) is 11.4. The van der Waals surface area contributed by atoms with Crippen LogP contribution in [-0.4, -0.2) is 143 Å². The zero-order valence-electron chi connectivity index (χ0n) is 44.7. The lowest BCUT2D eigenvalue weighted by molar-refractivity contribution is -0.164. The van der Waals surface area contributed by atoms with Gasteiger partial charge in [0.15, 0.2) is 0 Å². The fourth-order valence-electron chi connectivity index (χ4n) is 9.03. The molecular formula is C52H94N4O11. The molecule has 2 aliphatic rings. The molecule has 2 fully saturated rings. The average Bonchev–Trinajstić information content (AvgIpc) is 3.13. The molecule has 0 heterocycles. The van der Waals surface area contributed by atoms with Gasteiger partial charge in [0, 0.05) is 38.6 Å². The molecule has 0 aromatic heterocycles. The van der Waals surface area contributed by atoms with Gasteiger partial charge in [-0.3, -0.25) is 43.5 Å². The minimum Gasteiger partial charge on any atom is -0.459 e. The van der Waals surface area contributed by atoms with Crippen molar-refractivity contribution in [3.8, 4) is 0 Å². The first-order valence-electron chi connectivity index (χ1n) is 25.4. The molecule has 1 N–H and O–H groups in total. The molecule has 0 aromatic rings. The van der Waals surface area contributed by atoms with Crippen LogP contribution in [0.2, 0.25) is 0 Å². The number of unbranched alkanes of at least 4 members (excludes halogenated alkanes) is 1. The Labute approximate surface area is 405 Å². The molecule has 0 aliphatic heterocycles. The second-order valence-electron chi connectivity index (χ2n) is 24.0. The summed E-state index contributed by atoms with van der Waals surface area (Å²) in [5.74, 6) is -1.50. The van der Waals surface area contributed by atoms with Crippen molar-refractivity contribution in [2.24, 2.45) is 17.8 Å². The van der Waals surface area contributed by atoms with Crippen LogP contribution < -0.4 is 5.32 Å². The van der Waals surface area contributed by atoms with Crippen molar-refractivity contribution < 1.29 is 52.5 Å². The number of nitrogens with zero attached hydrogens (tertiary/aromatic N) is 3. The molecule has 388 valence electrons. The van der Waals surface area contributed by atoms with Crippen LogP contribution in [0.5, 0.6) is 0 Å². The van der Waals surface area contributed by atoms with Gasteiger partial charge in [-0.1, -0.05) is 38.5 Å². The molecule has 0 unspecified atom stereocenters. The Hall–Kier alpha value is -3.30. The van der Waals surface area contributed by atoms with Crippen LogP contribution >= 0.6 is 0 Å².